The van der Waals surface area contributed by atoms with Gasteiger partial charge in [0.25, 0.3) is 5.56 Å². The summed E-state index contributed by atoms with van der Waals surface area (Å²) in [4.78, 5) is 31.5. The third-order valence-electron chi connectivity index (χ3n) is 8.93. The molecule has 0 amide bonds. The van der Waals surface area contributed by atoms with Gasteiger partial charge in [0.1, 0.15) is 22.9 Å². The molecule has 0 unspecified atom stereocenters. The Kier molecular flexibility index (Phi) is 9.46. The number of carbonyl (C=O) groups excluding carboxylic acids is 1. The van der Waals surface area contributed by atoms with Crippen LogP contribution >= 0.6 is 0 Å². The van der Waals surface area contributed by atoms with Gasteiger partial charge >= 0.3 is 0 Å². The Bertz CT molecular complexity index is 2110. The van der Waals surface area contributed by atoms with Crippen LogP contribution in [0.3, 0.4) is 0 Å². The number of ether oxygens (including phenoxy) is 4. The van der Waals surface area contributed by atoms with Crippen molar-refractivity contribution >= 4 is 16.7 Å². The molecule has 2 aromatic heterocycles. The first-order chi connectivity index (χ1) is 24.3. The van der Waals surface area contributed by atoms with Gasteiger partial charge in [-0.25, -0.2) is 8.78 Å². The summed E-state index contributed by atoms with van der Waals surface area (Å²) in [6.45, 7) is 1.53. The maximum atomic E-state index is 15.5. The Labute approximate surface area is 286 Å². The Balaban J connectivity index is 1.06. The summed E-state index contributed by atoms with van der Waals surface area (Å²) in [5.41, 5.74) is 1.27. The quantitative estimate of drug-likeness (QED) is 0.119. The monoisotopic (exact) mass is 683 g/mol. The van der Waals surface area contributed by atoms with E-state index in [0.29, 0.717) is 70.6 Å². The SMILES string of the molecule is COc1cc2c(Oc3ccc(CC(=O)c4c5c(cn(-c6ccc(F)cc6)c4=O)CCO5)cc3F)ccnc2cc1OCCCNC1CC(O)C1. The van der Waals surface area contributed by atoms with E-state index < -0.39 is 23.0 Å². The van der Waals surface area contributed by atoms with Crippen LogP contribution in [0, 0.1) is 11.6 Å². The van der Waals surface area contributed by atoms with Crippen molar-refractivity contribution in [1.29, 1.82) is 0 Å². The second-order valence-electron chi connectivity index (χ2n) is 12.4. The van der Waals surface area contributed by atoms with Gasteiger partial charge in [-0.15, -0.1) is 0 Å². The molecule has 1 saturated carbocycles. The van der Waals surface area contributed by atoms with E-state index in [-0.39, 0.29) is 29.6 Å². The second kappa shape index (κ2) is 14.3. The van der Waals surface area contributed by atoms with E-state index >= 15 is 4.39 Å². The number of nitrogens with one attached hydrogen (secondary N) is 1. The summed E-state index contributed by atoms with van der Waals surface area (Å²) in [5.74, 6) is -0.190. The summed E-state index contributed by atoms with van der Waals surface area (Å²) < 4.78 is 53.6. The lowest BCUT2D eigenvalue weighted by Crippen LogP contribution is -2.44. The minimum absolute atomic E-state index is 0.0675. The van der Waals surface area contributed by atoms with Gasteiger partial charge in [-0.3, -0.25) is 19.1 Å². The third kappa shape index (κ3) is 6.89. The number of halogens is 2. The van der Waals surface area contributed by atoms with E-state index in [1.165, 1.54) is 48.1 Å². The lowest BCUT2D eigenvalue weighted by Gasteiger charge is -2.32. The predicted molar refractivity (Wildman–Crippen MR) is 181 cm³/mol. The molecule has 0 atom stereocenters. The first-order valence-corrected chi connectivity index (χ1v) is 16.4. The maximum absolute atomic E-state index is 15.5. The minimum atomic E-state index is -0.699. The van der Waals surface area contributed by atoms with Gasteiger partial charge in [-0.1, -0.05) is 6.07 Å². The maximum Gasteiger partial charge on any atom is 0.269 e. The van der Waals surface area contributed by atoms with Crippen molar-refractivity contribution in [1.82, 2.24) is 14.9 Å². The number of hydrogen-bond acceptors (Lipinski definition) is 9. The van der Waals surface area contributed by atoms with Crippen LogP contribution in [-0.4, -0.2) is 59.5 Å². The van der Waals surface area contributed by atoms with Crippen molar-refractivity contribution in [2.75, 3.05) is 26.9 Å². The molecular formula is C38H35F2N3O7. The van der Waals surface area contributed by atoms with Gasteiger partial charge in [0.05, 0.1) is 31.9 Å². The molecule has 3 heterocycles. The fourth-order valence-corrected chi connectivity index (χ4v) is 6.23. The van der Waals surface area contributed by atoms with E-state index in [0.717, 1.165) is 25.8 Å². The molecular weight excluding hydrogens is 648 g/mol. The standard InChI is InChI=1S/C38H35F2N3O7/c1-47-34-19-28-30(20-35(34)48-13-2-11-41-25-17-27(44)18-25)42-12-9-32(28)50-33-8-3-22(15-29(33)40)16-31(45)36-37-23(10-14-49-37)21-43(38(36)46)26-6-4-24(39)5-7-26/h3-9,12,15,19-21,25,27,41,44H,2,10-11,13-14,16-18H2,1H3. The molecule has 12 heteroatoms. The highest BCUT2D eigenvalue weighted by molar-refractivity contribution is 6.00. The summed E-state index contributed by atoms with van der Waals surface area (Å²) in [6, 6.07) is 15.0. The van der Waals surface area contributed by atoms with Crippen LogP contribution in [0.5, 0.6) is 28.7 Å². The number of Topliss-reactive ketones (excluding diaryl/α,β-unsaturated/α-hetero) is 1. The molecule has 0 spiro atoms. The minimum Gasteiger partial charge on any atom is -0.493 e. The number of pyridine rings is 2. The van der Waals surface area contributed by atoms with Crippen LogP contribution in [0.4, 0.5) is 8.78 Å². The number of fused-ring (bicyclic) bond motifs is 2. The Morgan fingerprint density at radius 2 is 1.86 bits per heavy atom. The van der Waals surface area contributed by atoms with Gasteiger partial charge in [0.2, 0.25) is 0 Å². The fraction of sp³-hybridized carbons (Fsp3) is 0.289. The van der Waals surface area contributed by atoms with Crippen molar-refractivity contribution in [3.8, 4) is 34.4 Å². The Morgan fingerprint density at radius 1 is 1.04 bits per heavy atom. The van der Waals surface area contributed by atoms with Gasteiger partial charge in [-0.05, 0) is 79.9 Å². The lowest BCUT2D eigenvalue weighted by atomic mass is 9.89. The number of nitrogens with zero attached hydrogens (tertiary/aromatic N) is 2. The molecule has 1 aliphatic carbocycles. The highest BCUT2D eigenvalue weighted by Gasteiger charge is 2.28. The zero-order valence-electron chi connectivity index (χ0n) is 27.3. The van der Waals surface area contributed by atoms with Crippen molar-refractivity contribution in [3.05, 3.63) is 112 Å². The van der Waals surface area contributed by atoms with E-state index in [4.69, 9.17) is 18.9 Å². The molecule has 10 nitrogen and oxygen atoms in total. The van der Waals surface area contributed by atoms with Crippen LogP contribution in [0.15, 0.2) is 77.9 Å². The number of carbonyl (C=O) groups is 1. The second-order valence-corrected chi connectivity index (χ2v) is 12.4. The normalized spacial score (nSPS) is 16.4. The Hall–Kier alpha value is -5.33. The number of benzene rings is 3. The van der Waals surface area contributed by atoms with E-state index in [2.05, 4.69) is 10.3 Å². The number of ketones is 1. The molecule has 5 aromatic rings. The van der Waals surface area contributed by atoms with Crippen LogP contribution in [-0.2, 0) is 12.8 Å². The van der Waals surface area contributed by atoms with Gasteiger partial charge in [0, 0.05) is 54.0 Å². The van der Waals surface area contributed by atoms with Crippen LogP contribution in [0.25, 0.3) is 16.6 Å². The highest BCUT2D eigenvalue weighted by atomic mass is 19.1. The molecule has 0 bridgehead atoms. The van der Waals surface area contributed by atoms with Crippen LogP contribution in [0.2, 0.25) is 0 Å². The number of rotatable bonds is 13. The largest absolute Gasteiger partial charge is 0.493 e. The number of aromatic nitrogens is 2. The average molecular weight is 684 g/mol. The zero-order valence-corrected chi connectivity index (χ0v) is 27.3. The average Bonchev–Trinajstić information content (AvgIpc) is 3.56. The molecule has 258 valence electrons. The molecule has 1 aliphatic heterocycles. The summed E-state index contributed by atoms with van der Waals surface area (Å²) in [7, 11) is 1.53. The van der Waals surface area contributed by atoms with Crippen LogP contribution in [0.1, 0.15) is 40.7 Å². The van der Waals surface area contributed by atoms with Crippen molar-refractivity contribution in [3.63, 3.8) is 0 Å². The fourth-order valence-electron chi connectivity index (χ4n) is 6.23. The van der Waals surface area contributed by atoms with Crippen molar-refractivity contribution in [2.45, 2.75) is 44.2 Å². The number of hydrogen-bond donors (Lipinski definition) is 2. The van der Waals surface area contributed by atoms with E-state index in [1.54, 1.807) is 36.7 Å². The molecule has 1 fully saturated rings. The molecule has 2 aliphatic rings. The summed E-state index contributed by atoms with van der Waals surface area (Å²) >= 11 is 0. The van der Waals surface area contributed by atoms with Crippen molar-refractivity contribution < 1.29 is 37.6 Å². The molecule has 7 rings (SSSR count). The van der Waals surface area contributed by atoms with E-state index in [1.807, 2.05) is 0 Å². The summed E-state index contributed by atoms with van der Waals surface area (Å²) in [5, 5.41) is 13.4. The third-order valence-corrected chi connectivity index (χ3v) is 8.93. The lowest BCUT2D eigenvalue weighted by molar-refractivity contribution is 0.0622. The van der Waals surface area contributed by atoms with Gasteiger partial charge in [0.15, 0.2) is 28.8 Å². The molecule has 0 radical (unpaired) electrons. The molecule has 50 heavy (non-hydrogen) atoms. The zero-order chi connectivity index (χ0) is 34.8. The first kappa shape index (κ1) is 33.2. The molecule has 2 N–H and O–H groups in total. The van der Waals surface area contributed by atoms with Crippen molar-refractivity contribution in [2.24, 2.45) is 0 Å². The number of aliphatic hydroxyl groups is 1. The molecule has 0 saturated heterocycles. The predicted octanol–water partition coefficient (Wildman–Crippen LogP) is 5.71. The smallest absolute Gasteiger partial charge is 0.269 e. The van der Waals surface area contributed by atoms with Crippen LogP contribution < -0.4 is 29.8 Å². The van der Waals surface area contributed by atoms with Gasteiger partial charge < -0.3 is 29.4 Å². The number of methoxy groups -OCH3 is 1. The topological polar surface area (TPSA) is 121 Å². The van der Waals surface area contributed by atoms with E-state index in [9.17, 15) is 19.1 Å². The van der Waals surface area contributed by atoms with Gasteiger partial charge in [-0.2, -0.15) is 0 Å². The number of aliphatic hydroxyl groups excluding tert-OH is 1. The summed E-state index contributed by atoms with van der Waals surface area (Å²) in [6.07, 6.45) is 5.53. The first-order valence-electron chi connectivity index (χ1n) is 16.4. The Morgan fingerprint density at radius 3 is 2.62 bits per heavy atom. The molecule has 3 aromatic carbocycles. The highest BCUT2D eigenvalue weighted by Crippen LogP contribution is 2.38.